The summed E-state index contributed by atoms with van der Waals surface area (Å²) in [5.74, 6) is 1.92. The second-order valence-electron chi connectivity index (χ2n) is 6.51. The normalized spacial score (nSPS) is 16.6. The minimum Gasteiger partial charge on any atom is -0.244 e. The molecule has 0 spiro atoms. The van der Waals surface area contributed by atoms with E-state index in [1.807, 2.05) is 0 Å². The molecule has 1 heteroatoms. The number of rotatable bonds is 8. The summed E-state index contributed by atoms with van der Waals surface area (Å²) in [6, 6.07) is 0. The Hall–Kier alpha value is -0.0700. The Morgan fingerprint density at radius 3 is 1.59 bits per heavy atom. The summed E-state index contributed by atoms with van der Waals surface area (Å²) < 4.78 is 14.2. The van der Waals surface area contributed by atoms with E-state index in [-0.39, 0.29) is 5.92 Å². The van der Waals surface area contributed by atoms with Gasteiger partial charge in [0.15, 0.2) is 0 Å². The van der Waals surface area contributed by atoms with Gasteiger partial charge in [-0.25, -0.2) is 4.39 Å². The molecule has 0 aliphatic carbocycles. The molecule has 17 heavy (non-hydrogen) atoms. The van der Waals surface area contributed by atoms with Crippen LogP contribution in [0, 0.1) is 23.7 Å². The van der Waals surface area contributed by atoms with E-state index >= 15 is 0 Å². The van der Waals surface area contributed by atoms with E-state index in [1.54, 1.807) is 13.8 Å². The first kappa shape index (κ1) is 16.9. The highest BCUT2D eigenvalue weighted by atomic mass is 19.1. The lowest BCUT2D eigenvalue weighted by molar-refractivity contribution is 0.0347. The molecule has 0 radical (unpaired) electrons. The Morgan fingerprint density at radius 2 is 1.35 bits per heavy atom. The summed E-state index contributed by atoms with van der Waals surface area (Å²) >= 11 is 0. The fourth-order valence-corrected chi connectivity index (χ4v) is 3.26. The highest BCUT2D eigenvalue weighted by molar-refractivity contribution is 4.86. The van der Waals surface area contributed by atoms with Gasteiger partial charge in [0.1, 0.15) is 5.67 Å². The number of hydrogen-bond acceptors (Lipinski definition) is 0. The monoisotopic (exact) mass is 244 g/mol. The molecule has 0 aromatic carbocycles. The minimum atomic E-state index is -1.06. The van der Waals surface area contributed by atoms with Crippen LogP contribution in [0.5, 0.6) is 0 Å². The van der Waals surface area contributed by atoms with E-state index in [0.29, 0.717) is 17.8 Å². The summed E-state index contributed by atoms with van der Waals surface area (Å²) in [6.45, 7) is 14.6. The highest BCUT2D eigenvalue weighted by Crippen LogP contribution is 2.40. The maximum atomic E-state index is 14.2. The molecule has 0 nitrogen and oxygen atoms in total. The summed E-state index contributed by atoms with van der Waals surface area (Å²) in [6.07, 6.45) is 4.93. The third-order valence-corrected chi connectivity index (χ3v) is 4.29. The second kappa shape index (κ2) is 7.38. The standard InChI is InChI=1S/C16H33F/c1-8-10-14(11-9-2)15(12(3)4)13(5)16(6,7)17/h12-15H,8-11H2,1-7H3. The van der Waals surface area contributed by atoms with Gasteiger partial charge in [-0.15, -0.1) is 0 Å². The van der Waals surface area contributed by atoms with Gasteiger partial charge in [0.05, 0.1) is 0 Å². The van der Waals surface area contributed by atoms with Crippen LogP contribution in [0.1, 0.15) is 74.1 Å². The molecule has 0 aromatic heterocycles. The fourth-order valence-electron chi connectivity index (χ4n) is 3.26. The zero-order chi connectivity index (χ0) is 13.6. The molecule has 0 aromatic rings. The van der Waals surface area contributed by atoms with Crippen LogP contribution in [0.4, 0.5) is 4.39 Å². The summed E-state index contributed by atoms with van der Waals surface area (Å²) in [5, 5.41) is 0. The molecule has 0 amide bonds. The van der Waals surface area contributed by atoms with E-state index in [0.717, 1.165) is 0 Å². The first-order valence-corrected chi connectivity index (χ1v) is 7.44. The summed E-state index contributed by atoms with van der Waals surface area (Å²) in [4.78, 5) is 0. The van der Waals surface area contributed by atoms with E-state index in [9.17, 15) is 4.39 Å². The lowest BCUT2D eigenvalue weighted by Crippen LogP contribution is -2.37. The van der Waals surface area contributed by atoms with Crippen molar-refractivity contribution in [3.63, 3.8) is 0 Å². The first-order valence-electron chi connectivity index (χ1n) is 7.44. The van der Waals surface area contributed by atoms with Crippen LogP contribution in [0.3, 0.4) is 0 Å². The van der Waals surface area contributed by atoms with Gasteiger partial charge in [0, 0.05) is 0 Å². The topological polar surface area (TPSA) is 0 Å². The van der Waals surface area contributed by atoms with Gasteiger partial charge in [-0.2, -0.15) is 0 Å². The van der Waals surface area contributed by atoms with Gasteiger partial charge >= 0.3 is 0 Å². The molecule has 2 atom stereocenters. The van der Waals surface area contributed by atoms with Gasteiger partial charge in [-0.1, -0.05) is 60.3 Å². The highest BCUT2D eigenvalue weighted by Gasteiger charge is 2.37. The van der Waals surface area contributed by atoms with Gasteiger partial charge in [-0.05, 0) is 37.5 Å². The SMILES string of the molecule is CCCC(CCC)C(C(C)C)C(C)C(C)(C)F. The smallest absolute Gasteiger partial charge is 0.108 e. The fraction of sp³-hybridized carbons (Fsp3) is 1.00. The predicted molar refractivity (Wildman–Crippen MR) is 76.0 cm³/mol. The Morgan fingerprint density at radius 1 is 0.941 bits per heavy atom. The number of alkyl halides is 1. The van der Waals surface area contributed by atoms with E-state index in [4.69, 9.17) is 0 Å². The van der Waals surface area contributed by atoms with Crippen LogP contribution >= 0.6 is 0 Å². The zero-order valence-corrected chi connectivity index (χ0v) is 13.0. The van der Waals surface area contributed by atoms with Crippen molar-refractivity contribution >= 4 is 0 Å². The Balaban J connectivity index is 4.90. The molecular formula is C16H33F. The van der Waals surface area contributed by atoms with Crippen molar-refractivity contribution in [2.24, 2.45) is 23.7 Å². The third-order valence-electron chi connectivity index (χ3n) is 4.29. The molecule has 0 rings (SSSR count). The van der Waals surface area contributed by atoms with Crippen molar-refractivity contribution in [1.82, 2.24) is 0 Å². The van der Waals surface area contributed by atoms with Crippen LogP contribution in [-0.2, 0) is 0 Å². The molecule has 0 fully saturated rings. The van der Waals surface area contributed by atoms with Crippen LogP contribution in [-0.4, -0.2) is 5.67 Å². The maximum absolute atomic E-state index is 14.2. The van der Waals surface area contributed by atoms with Crippen molar-refractivity contribution in [1.29, 1.82) is 0 Å². The number of hydrogen-bond donors (Lipinski definition) is 0. The average molecular weight is 244 g/mol. The Bertz CT molecular complexity index is 184. The van der Waals surface area contributed by atoms with Gasteiger partial charge < -0.3 is 0 Å². The predicted octanol–water partition coefficient (Wildman–Crippen LogP) is 5.86. The second-order valence-corrected chi connectivity index (χ2v) is 6.51. The zero-order valence-electron chi connectivity index (χ0n) is 13.0. The Labute approximate surface area is 108 Å². The van der Waals surface area contributed by atoms with Crippen LogP contribution in [0.2, 0.25) is 0 Å². The van der Waals surface area contributed by atoms with Gasteiger partial charge in [0.2, 0.25) is 0 Å². The molecule has 104 valence electrons. The van der Waals surface area contributed by atoms with Crippen molar-refractivity contribution in [2.45, 2.75) is 79.8 Å². The van der Waals surface area contributed by atoms with Crippen molar-refractivity contribution in [2.75, 3.05) is 0 Å². The first-order chi connectivity index (χ1) is 7.75. The van der Waals surface area contributed by atoms with E-state index in [1.165, 1.54) is 25.7 Å². The van der Waals surface area contributed by atoms with Crippen LogP contribution in [0.15, 0.2) is 0 Å². The van der Waals surface area contributed by atoms with Gasteiger partial charge in [-0.3, -0.25) is 0 Å². The molecule has 0 N–H and O–H groups in total. The third kappa shape index (κ3) is 5.40. The molecule has 0 saturated carbocycles. The maximum Gasteiger partial charge on any atom is 0.108 e. The summed E-state index contributed by atoms with van der Waals surface area (Å²) in [5.41, 5.74) is -1.06. The molecule has 0 aliphatic rings. The van der Waals surface area contributed by atoms with E-state index in [2.05, 4.69) is 34.6 Å². The van der Waals surface area contributed by atoms with Crippen molar-refractivity contribution in [3.8, 4) is 0 Å². The minimum absolute atomic E-state index is 0.144. The quantitative estimate of drug-likeness (QED) is 0.501. The Kier molecular flexibility index (Phi) is 7.35. The van der Waals surface area contributed by atoms with Crippen LogP contribution in [0.25, 0.3) is 0 Å². The van der Waals surface area contributed by atoms with Crippen molar-refractivity contribution in [3.05, 3.63) is 0 Å². The lowest BCUT2D eigenvalue weighted by atomic mass is 9.68. The number of halogens is 1. The molecule has 0 aliphatic heterocycles. The van der Waals surface area contributed by atoms with Gasteiger partial charge in [0.25, 0.3) is 0 Å². The molecule has 0 saturated heterocycles. The lowest BCUT2D eigenvalue weighted by Gasteiger charge is -2.39. The molecule has 2 unspecified atom stereocenters. The summed E-state index contributed by atoms with van der Waals surface area (Å²) in [7, 11) is 0. The van der Waals surface area contributed by atoms with E-state index < -0.39 is 5.67 Å². The molecule has 0 bridgehead atoms. The largest absolute Gasteiger partial charge is 0.244 e. The molecular weight excluding hydrogens is 211 g/mol. The van der Waals surface area contributed by atoms with Crippen molar-refractivity contribution < 1.29 is 4.39 Å². The van der Waals surface area contributed by atoms with Crippen LogP contribution < -0.4 is 0 Å². The molecule has 0 heterocycles. The average Bonchev–Trinajstić information content (AvgIpc) is 2.16.